The smallest absolute Gasteiger partial charge is 0.342 e. The molecule has 7 heteroatoms. The molecule has 1 aromatic heterocycles. The third kappa shape index (κ3) is 3.63. The predicted molar refractivity (Wildman–Crippen MR) is 78.7 cm³/mol. The van der Waals surface area contributed by atoms with Crippen LogP contribution in [0.3, 0.4) is 0 Å². The molecule has 0 saturated carbocycles. The van der Waals surface area contributed by atoms with Gasteiger partial charge in [-0.05, 0) is 18.2 Å². The Morgan fingerprint density at radius 2 is 1.78 bits per heavy atom. The molecule has 0 fully saturated rings. The summed E-state index contributed by atoms with van der Waals surface area (Å²) in [7, 11) is 4.21. The molecule has 0 amide bonds. The zero-order chi connectivity index (χ0) is 16.8. The maximum atomic E-state index is 12.2. The molecular weight excluding hydrogens is 304 g/mol. The van der Waals surface area contributed by atoms with Gasteiger partial charge in [0.1, 0.15) is 22.6 Å². The van der Waals surface area contributed by atoms with Crippen molar-refractivity contribution in [2.75, 3.05) is 21.3 Å². The zero-order valence-corrected chi connectivity index (χ0v) is 13.0. The van der Waals surface area contributed by atoms with Crippen LogP contribution in [0.2, 0.25) is 0 Å². The third-order valence-electron chi connectivity index (χ3n) is 3.11. The summed E-state index contributed by atoms with van der Waals surface area (Å²) in [5.74, 6) is -0.0966. The van der Waals surface area contributed by atoms with Gasteiger partial charge in [-0.1, -0.05) is 0 Å². The average molecular weight is 320 g/mol. The second-order valence-electron chi connectivity index (χ2n) is 4.39. The normalized spacial score (nSPS) is 10.0. The lowest BCUT2D eigenvalue weighted by molar-refractivity contribution is 0.0429. The highest BCUT2D eigenvalue weighted by molar-refractivity contribution is 5.93. The molecule has 2 aromatic rings. The van der Waals surface area contributed by atoms with Crippen molar-refractivity contribution in [2.24, 2.45) is 0 Å². The quantitative estimate of drug-likeness (QED) is 0.756. The van der Waals surface area contributed by atoms with Crippen LogP contribution in [0.25, 0.3) is 0 Å². The van der Waals surface area contributed by atoms with Crippen LogP contribution >= 0.6 is 0 Å². The van der Waals surface area contributed by atoms with Gasteiger partial charge in [0.2, 0.25) is 0 Å². The van der Waals surface area contributed by atoms with Gasteiger partial charge in [-0.3, -0.25) is 0 Å². The molecule has 0 bridgehead atoms. The molecule has 0 aliphatic heterocycles. The molecule has 2 rings (SSSR count). The summed E-state index contributed by atoms with van der Waals surface area (Å²) < 4.78 is 25.1. The molecule has 0 saturated heterocycles. The van der Waals surface area contributed by atoms with Crippen molar-refractivity contribution in [3.05, 3.63) is 47.4 Å². The van der Waals surface area contributed by atoms with Crippen LogP contribution in [-0.4, -0.2) is 33.3 Å². The predicted octanol–water partition coefficient (Wildman–Crippen LogP) is 2.44. The van der Waals surface area contributed by atoms with Gasteiger partial charge in [0.25, 0.3) is 0 Å². The summed E-state index contributed by atoms with van der Waals surface area (Å²) in [4.78, 5) is 23.7. The highest BCUT2D eigenvalue weighted by atomic mass is 16.5. The Morgan fingerprint density at radius 3 is 2.43 bits per heavy atom. The molecule has 122 valence electrons. The maximum Gasteiger partial charge on any atom is 0.342 e. The number of carbonyl (C=O) groups is 2. The van der Waals surface area contributed by atoms with Gasteiger partial charge in [0.05, 0.1) is 27.6 Å². The largest absolute Gasteiger partial charge is 0.497 e. The minimum atomic E-state index is -0.614. The molecule has 1 aromatic carbocycles. The Morgan fingerprint density at radius 1 is 1.00 bits per heavy atom. The number of hydrogen-bond donors (Lipinski definition) is 0. The van der Waals surface area contributed by atoms with Crippen molar-refractivity contribution in [3.8, 4) is 11.5 Å². The van der Waals surface area contributed by atoms with Crippen LogP contribution in [0.15, 0.2) is 34.9 Å². The molecule has 0 unspecified atom stereocenters. The van der Waals surface area contributed by atoms with Gasteiger partial charge in [0, 0.05) is 6.07 Å². The van der Waals surface area contributed by atoms with Gasteiger partial charge in [-0.15, -0.1) is 0 Å². The number of rotatable bonds is 6. The Kier molecular flexibility index (Phi) is 5.24. The van der Waals surface area contributed by atoms with Crippen molar-refractivity contribution in [2.45, 2.75) is 6.61 Å². The third-order valence-corrected chi connectivity index (χ3v) is 3.11. The van der Waals surface area contributed by atoms with E-state index in [0.717, 1.165) is 0 Å². The van der Waals surface area contributed by atoms with E-state index in [2.05, 4.69) is 4.74 Å². The number of esters is 2. The van der Waals surface area contributed by atoms with Crippen LogP contribution in [0.4, 0.5) is 0 Å². The highest BCUT2D eigenvalue weighted by Gasteiger charge is 2.19. The minimum absolute atomic E-state index is 0.203. The molecular formula is C16H16O7. The zero-order valence-electron chi connectivity index (χ0n) is 13.0. The van der Waals surface area contributed by atoms with E-state index in [4.69, 9.17) is 18.6 Å². The van der Waals surface area contributed by atoms with Crippen molar-refractivity contribution in [1.29, 1.82) is 0 Å². The fourth-order valence-corrected chi connectivity index (χ4v) is 1.92. The van der Waals surface area contributed by atoms with E-state index in [-0.39, 0.29) is 23.5 Å². The van der Waals surface area contributed by atoms with Crippen molar-refractivity contribution in [3.63, 3.8) is 0 Å². The van der Waals surface area contributed by atoms with Crippen LogP contribution in [0.1, 0.15) is 26.5 Å². The fourth-order valence-electron chi connectivity index (χ4n) is 1.92. The Hall–Kier alpha value is -2.96. The fraction of sp³-hybridized carbons (Fsp3) is 0.250. The first kappa shape index (κ1) is 16.4. The molecule has 0 radical (unpaired) electrons. The van der Waals surface area contributed by atoms with E-state index >= 15 is 0 Å². The lowest BCUT2D eigenvalue weighted by Crippen LogP contribution is -2.09. The van der Waals surface area contributed by atoms with Crippen molar-refractivity contribution >= 4 is 11.9 Å². The van der Waals surface area contributed by atoms with Crippen LogP contribution in [0, 0.1) is 0 Å². The molecule has 23 heavy (non-hydrogen) atoms. The molecule has 0 spiro atoms. The highest BCUT2D eigenvalue weighted by Crippen LogP contribution is 2.25. The van der Waals surface area contributed by atoms with Gasteiger partial charge in [-0.25, -0.2) is 9.59 Å². The summed E-state index contributed by atoms with van der Waals surface area (Å²) >= 11 is 0. The number of methoxy groups -OCH3 is 3. The van der Waals surface area contributed by atoms with E-state index in [1.807, 2.05) is 0 Å². The van der Waals surface area contributed by atoms with Crippen LogP contribution in [0.5, 0.6) is 11.5 Å². The topological polar surface area (TPSA) is 84.2 Å². The van der Waals surface area contributed by atoms with E-state index in [1.54, 1.807) is 12.1 Å². The van der Waals surface area contributed by atoms with Gasteiger partial charge in [0.15, 0.2) is 12.4 Å². The summed E-state index contributed by atoms with van der Waals surface area (Å²) in [5, 5.41) is 0. The number of hydrogen-bond acceptors (Lipinski definition) is 7. The standard InChI is InChI=1S/C16H16O7/c1-19-10-4-5-11(13(8-10)20-2)16(18)23-9-14-12(6-7-22-14)15(17)21-3/h4-8H,9H2,1-3H3. The Bertz CT molecular complexity index is 702. The number of ether oxygens (including phenoxy) is 4. The lowest BCUT2D eigenvalue weighted by Gasteiger charge is -2.10. The lowest BCUT2D eigenvalue weighted by atomic mass is 10.2. The SMILES string of the molecule is COC(=O)c1ccoc1COC(=O)c1ccc(OC)cc1OC. The summed E-state index contributed by atoms with van der Waals surface area (Å²) in [6, 6.07) is 6.17. The Labute approximate surface area is 132 Å². The molecule has 0 aliphatic carbocycles. The molecule has 0 N–H and O–H groups in total. The van der Waals surface area contributed by atoms with E-state index < -0.39 is 11.9 Å². The minimum Gasteiger partial charge on any atom is -0.497 e. The second-order valence-corrected chi connectivity index (χ2v) is 4.39. The van der Waals surface area contributed by atoms with Gasteiger partial charge in [-0.2, -0.15) is 0 Å². The first-order valence-corrected chi connectivity index (χ1v) is 6.64. The summed E-state index contributed by atoms with van der Waals surface area (Å²) in [5.41, 5.74) is 0.446. The maximum absolute atomic E-state index is 12.2. The Balaban J connectivity index is 2.11. The number of carbonyl (C=O) groups excluding carboxylic acids is 2. The first-order valence-electron chi connectivity index (χ1n) is 6.64. The number of furan rings is 1. The van der Waals surface area contributed by atoms with Crippen LogP contribution in [-0.2, 0) is 16.1 Å². The van der Waals surface area contributed by atoms with E-state index in [9.17, 15) is 9.59 Å². The second kappa shape index (κ2) is 7.35. The monoisotopic (exact) mass is 320 g/mol. The van der Waals surface area contributed by atoms with Crippen LogP contribution < -0.4 is 9.47 Å². The first-order chi connectivity index (χ1) is 11.1. The molecule has 0 atom stereocenters. The van der Waals surface area contributed by atoms with Crippen molar-refractivity contribution < 1.29 is 33.0 Å². The van der Waals surface area contributed by atoms with Crippen molar-refractivity contribution in [1.82, 2.24) is 0 Å². The molecule has 7 nitrogen and oxygen atoms in total. The summed E-state index contributed by atoms with van der Waals surface area (Å²) in [6.45, 7) is -0.203. The van der Waals surface area contributed by atoms with E-state index in [0.29, 0.717) is 11.5 Å². The summed E-state index contributed by atoms with van der Waals surface area (Å²) in [6.07, 6.45) is 1.32. The number of benzene rings is 1. The molecule has 0 aliphatic rings. The van der Waals surface area contributed by atoms with Gasteiger partial charge < -0.3 is 23.4 Å². The molecule has 1 heterocycles. The van der Waals surface area contributed by atoms with Gasteiger partial charge >= 0.3 is 11.9 Å². The average Bonchev–Trinajstić information content (AvgIpc) is 3.06. The van der Waals surface area contributed by atoms with E-state index in [1.165, 1.54) is 39.7 Å².